The fourth-order valence-corrected chi connectivity index (χ4v) is 8.87. The Balaban J connectivity index is 1.35. The molecule has 2 saturated carbocycles. The molecular weight excluding hydrogens is 755 g/mol. The number of alkyl carbamates (subject to hydrolysis) is 1. The molecule has 16 heteroatoms. The van der Waals surface area contributed by atoms with Crippen LogP contribution in [-0.4, -0.2) is 95.9 Å². The van der Waals surface area contributed by atoms with Crippen molar-refractivity contribution >= 4 is 44.7 Å². The number of ether oxygens (including phenoxy) is 4. The van der Waals surface area contributed by atoms with E-state index in [4.69, 9.17) is 23.9 Å². The summed E-state index contributed by atoms with van der Waals surface area (Å²) in [5, 5.41) is 6.33. The van der Waals surface area contributed by atoms with E-state index in [2.05, 4.69) is 15.4 Å². The number of methoxy groups -OCH3 is 1. The Morgan fingerprint density at radius 3 is 2.49 bits per heavy atom. The molecule has 1 unspecified atom stereocenters. The van der Waals surface area contributed by atoms with Gasteiger partial charge < -0.3 is 34.5 Å². The number of nitrogens with zero attached hydrogens (tertiary/aromatic N) is 2. The molecule has 4 amide bonds. The minimum Gasteiger partial charge on any atom is -0.496 e. The first-order chi connectivity index (χ1) is 26.8. The van der Waals surface area contributed by atoms with E-state index in [1.165, 1.54) is 4.90 Å². The number of hydrogen-bond acceptors (Lipinski definition) is 11. The number of amides is 4. The number of aromatic nitrogens is 1. The van der Waals surface area contributed by atoms with Crippen molar-refractivity contribution in [2.24, 2.45) is 5.92 Å². The van der Waals surface area contributed by atoms with Gasteiger partial charge in [0.05, 0.1) is 30.0 Å². The van der Waals surface area contributed by atoms with Crippen LogP contribution in [0.2, 0.25) is 0 Å². The molecule has 3 N–H and O–H groups in total. The number of carbonyl (C=O) groups is 4. The maximum atomic E-state index is 14.6. The first kappa shape index (κ1) is 42.0. The van der Waals surface area contributed by atoms with E-state index in [0.717, 1.165) is 18.4 Å². The van der Waals surface area contributed by atoms with Crippen molar-refractivity contribution in [2.45, 2.75) is 146 Å². The number of allylic oxidation sites excluding steroid dienone is 1. The van der Waals surface area contributed by atoms with E-state index in [1.807, 2.05) is 45.1 Å². The summed E-state index contributed by atoms with van der Waals surface area (Å²) in [6.07, 6.45) is 6.37. The summed E-state index contributed by atoms with van der Waals surface area (Å²) in [5.74, 6) is -1.01. The predicted octanol–water partition coefficient (Wildman–Crippen LogP) is 4.97. The number of rotatable bonds is 9. The van der Waals surface area contributed by atoms with E-state index >= 15 is 0 Å². The van der Waals surface area contributed by atoms with Crippen molar-refractivity contribution in [2.75, 3.05) is 13.7 Å². The van der Waals surface area contributed by atoms with Crippen LogP contribution in [0.5, 0.6) is 17.4 Å². The lowest BCUT2D eigenvalue weighted by Crippen LogP contribution is -2.58. The van der Waals surface area contributed by atoms with Gasteiger partial charge in [0.1, 0.15) is 40.8 Å². The normalized spacial score (nSPS) is 26.9. The zero-order valence-electron chi connectivity index (χ0n) is 34.2. The van der Waals surface area contributed by atoms with Crippen LogP contribution >= 0.6 is 0 Å². The summed E-state index contributed by atoms with van der Waals surface area (Å²) in [6.45, 7) is 12.4. The number of benzene rings is 1. The van der Waals surface area contributed by atoms with Crippen LogP contribution < -0.4 is 29.6 Å². The van der Waals surface area contributed by atoms with Gasteiger partial charge in [0.2, 0.25) is 27.7 Å². The van der Waals surface area contributed by atoms with Crippen molar-refractivity contribution in [3.05, 3.63) is 35.9 Å². The lowest BCUT2D eigenvalue weighted by Gasteiger charge is -2.30. The van der Waals surface area contributed by atoms with Crippen molar-refractivity contribution in [3.8, 4) is 17.4 Å². The molecule has 0 bridgehead atoms. The number of sulfonamides is 1. The highest BCUT2D eigenvalue weighted by Crippen LogP contribution is 2.47. The fraction of sp³-hybridized carbons (Fsp3) is 0.634. The van der Waals surface area contributed by atoms with E-state index in [1.54, 1.807) is 40.9 Å². The van der Waals surface area contributed by atoms with Crippen LogP contribution in [0.1, 0.15) is 105 Å². The van der Waals surface area contributed by atoms with Crippen LogP contribution in [0.15, 0.2) is 30.4 Å². The Kier molecular flexibility index (Phi) is 11.8. The summed E-state index contributed by atoms with van der Waals surface area (Å²) in [5.41, 5.74) is -0.980. The third-order valence-corrected chi connectivity index (χ3v) is 13.3. The van der Waals surface area contributed by atoms with Crippen molar-refractivity contribution in [3.63, 3.8) is 0 Å². The Labute approximate surface area is 335 Å². The number of aryl methyl sites for hydroxylation is 1. The average Bonchev–Trinajstić information content (AvgIpc) is 3.99. The van der Waals surface area contributed by atoms with E-state index in [-0.39, 0.29) is 25.5 Å². The number of carbonyl (C=O) groups excluding carboxylic acids is 4. The third-order valence-electron chi connectivity index (χ3n) is 11.2. The SMILES string of the molecule is COc1ccc2c(O[C@@H]3C[C@H]4C(=O)N[C@]5(C(=O)NS(=O)(=O)C6(C)CC6)CC5/C=C\CCCCC[C@H](NC(=O)OC(C)(C)C)C(=O)N4C3)cc(OC(C)C)nc2c1C. The van der Waals surface area contributed by atoms with Gasteiger partial charge in [-0.05, 0) is 99.1 Å². The molecule has 1 aromatic heterocycles. The molecule has 3 fully saturated rings. The molecule has 4 aliphatic rings. The summed E-state index contributed by atoms with van der Waals surface area (Å²) < 4.78 is 51.4. The molecule has 6 rings (SSSR count). The molecule has 3 heterocycles. The van der Waals surface area contributed by atoms with Gasteiger partial charge >= 0.3 is 6.09 Å². The third kappa shape index (κ3) is 9.26. The van der Waals surface area contributed by atoms with Gasteiger partial charge in [0.15, 0.2) is 0 Å². The van der Waals surface area contributed by atoms with E-state index in [9.17, 15) is 27.6 Å². The molecule has 5 atom stereocenters. The van der Waals surface area contributed by atoms with Crippen LogP contribution in [0.3, 0.4) is 0 Å². The zero-order valence-corrected chi connectivity index (χ0v) is 35.0. The first-order valence-electron chi connectivity index (χ1n) is 19.9. The number of pyridine rings is 1. The molecule has 312 valence electrons. The van der Waals surface area contributed by atoms with Crippen molar-refractivity contribution in [1.82, 2.24) is 25.2 Å². The van der Waals surface area contributed by atoms with Gasteiger partial charge in [-0.15, -0.1) is 0 Å². The summed E-state index contributed by atoms with van der Waals surface area (Å²) in [6, 6.07) is 3.17. The quantitative estimate of drug-likeness (QED) is 0.290. The average molecular weight is 812 g/mol. The monoisotopic (exact) mass is 811 g/mol. The molecule has 0 spiro atoms. The Morgan fingerprint density at radius 2 is 1.82 bits per heavy atom. The minimum absolute atomic E-state index is 0.0298. The lowest BCUT2D eigenvalue weighted by atomic mass is 10.0. The summed E-state index contributed by atoms with van der Waals surface area (Å²) in [4.78, 5) is 62.3. The smallest absolute Gasteiger partial charge is 0.408 e. The Morgan fingerprint density at radius 1 is 1.09 bits per heavy atom. The van der Waals surface area contributed by atoms with Gasteiger partial charge in [-0.1, -0.05) is 25.0 Å². The van der Waals surface area contributed by atoms with Crippen LogP contribution in [0.4, 0.5) is 4.79 Å². The second-order valence-electron chi connectivity index (χ2n) is 17.3. The zero-order chi connectivity index (χ0) is 41.5. The second-order valence-corrected chi connectivity index (χ2v) is 19.5. The molecule has 0 radical (unpaired) electrons. The number of fused-ring (bicyclic) bond motifs is 3. The highest BCUT2D eigenvalue weighted by molar-refractivity contribution is 7.91. The highest BCUT2D eigenvalue weighted by Gasteiger charge is 2.63. The Hall–Kier alpha value is -4.60. The molecule has 57 heavy (non-hydrogen) atoms. The molecule has 1 aromatic carbocycles. The molecule has 2 aliphatic carbocycles. The van der Waals surface area contributed by atoms with Crippen LogP contribution in [0.25, 0.3) is 10.9 Å². The van der Waals surface area contributed by atoms with E-state index < -0.39 is 73.8 Å². The van der Waals surface area contributed by atoms with Gasteiger partial charge in [-0.25, -0.2) is 18.2 Å². The molecule has 2 aliphatic heterocycles. The maximum absolute atomic E-state index is 14.6. The fourth-order valence-electron chi connectivity index (χ4n) is 7.55. The Bertz CT molecular complexity index is 2040. The van der Waals surface area contributed by atoms with Gasteiger partial charge in [-0.3, -0.25) is 19.1 Å². The second kappa shape index (κ2) is 16.0. The van der Waals surface area contributed by atoms with Crippen LogP contribution in [-0.2, 0) is 29.1 Å². The maximum Gasteiger partial charge on any atom is 0.408 e. The molecule has 1 saturated heterocycles. The topological polar surface area (TPSA) is 192 Å². The number of hydrogen-bond donors (Lipinski definition) is 3. The highest BCUT2D eigenvalue weighted by atomic mass is 32.2. The minimum atomic E-state index is -4.00. The summed E-state index contributed by atoms with van der Waals surface area (Å²) >= 11 is 0. The summed E-state index contributed by atoms with van der Waals surface area (Å²) in [7, 11) is -2.43. The van der Waals surface area contributed by atoms with Gasteiger partial charge in [0.25, 0.3) is 5.91 Å². The molecular formula is C41H57N5O10S. The predicted molar refractivity (Wildman–Crippen MR) is 212 cm³/mol. The van der Waals surface area contributed by atoms with Gasteiger partial charge in [-0.2, -0.15) is 0 Å². The lowest BCUT2D eigenvalue weighted by molar-refractivity contribution is -0.141. The first-order valence-corrected chi connectivity index (χ1v) is 21.4. The van der Waals surface area contributed by atoms with E-state index in [0.29, 0.717) is 60.4 Å². The van der Waals surface area contributed by atoms with Crippen LogP contribution in [0, 0.1) is 12.8 Å². The standard InChI is InChI=1S/C41H57N5O10S/c1-24(2)54-33-21-32(28-16-17-31(53-8)25(3)34(28)43-33)55-27-20-30-35(47)44-41(37(49)45-57(51,52)40(7)18-19-40)22-26(41)14-12-10-9-11-13-15-29(36(48)46(30)23-27)42-38(50)56-39(4,5)6/h12,14,16-17,21,24,26-27,29-30H,9-11,13,15,18-20,22-23H2,1-8H3,(H,42,50)(H,44,47)(H,45,49)/b14-12-/t26?,27-,29+,30+,41-/m1/s1. The van der Waals surface area contributed by atoms with Gasteiger partial charge in [0, 0.05) is 29.4 Å². The van der Waals surface area contributed by atoms with Crippen molar-refractivity contribution in [1.29, 1.82) is 0 Å². The molecule has 15 nitrogen and oxygen atoms in total. The van der Waals surface area contributed by atoms with Crippen molar-refractivity contribution < 1.29 is 46.5 Å². The largest absolute Gasteiger partial charge is 0.496 e. The number of nitrogens with one attached hydrogen (secondary N) is 3. The molecule has 2 aromatic rings.